The minimum Gasteiger partial charge on any atom is -0.490 e. The van der Waals surface area contributed by atoms with Crippen LogP contribution in [0.4, 0.5) is 5.13 Å². The van der Waals surface area contributed by atoms with E-state index < -0.39 is 0 Å². The van der Waals surface area contributed by atoms with Crippen molar-refractivity contribution in [3.8, 4) is 11.5 Å². The zero-order chi connectivity index (χ0) is 21.6. The number of hydrogen-bond donors (Lipinski definition) is 1. The molecule has 2 heterocycles. The minimum atomic E-state index is -0.198. The average molecular weight is 438 g/mol. The zero-order valence-electron chi connectivity index (χ0n) is 17.9. The topological polar surface area (TPSA) is 63.7 Å². The van der Waals surface area contributed by atoms with E-state index in [1.807, 2.05) is 19.9 Å². The molecular formula is C24H27N3O3S. The number of carbonyl (C=O) groups excluding carboxylic acids is 1. The summed E-state index contributed by atoms with van der Waals surface area (Å²) in [6.07, 6.45) is 0.895. The SMILES string of the molecule is CCOc1ccc(C(=O)Nc2nc3c(s2)CN(Cc2ccccc2)CC3)cc1OCC. The first kappa shape index (κ1) is 21.3. The highest BCUT2D eigenvalue weighted by atomic mass is 32.1. The smallest absolute Gasteiger partial charge is 0.257 e. The van der Waals surface area contributed by atoms with E-state index in [2.05, 4.69) is 39.5 Å². The molecule has 6 nitrogen and oxygen atoms in total. The van der Waals surface area contributed by atoms with Crippen molar-refractivity contribution in [1.82, 2.24) is 9.88 Å². The molecule has 7 heteroatoms. The van der Waals surface area contributed by atoms with Crippen molar-refractivity contribution >= 4 is 22.4 Å². The van der Waals surface area contributed by atoms with Gasteiger partial charge < -0.3 is 9.47 Å². The zero-order valence-corrected chi connectivity index (χ0v) is 18.7. The molecule has 4 rings (SSSR count). The molecule has 0 saturated heterocycles. The number of ether oxygens (including phenoxy) is 2. The Balaban J connectivity index is 1.43. The summed E-state index contributed by atoms with van der Waals surface area (Å²) in [6.45, 7) is 7.61. The third-order valence-corrected chi connectivity index (χ3v) is 6.08. The van der Waals surface area contributed by atoms with Crippen molar-refractivity contribution in [2.45, 2.75) is 33.4 Å². The lowest BCUT2D eigenvalue weighted by molar-refractivity contribution is 0.102. The lowest BCUT2D eigenvalue weighted by atomic mass is 10.1. The van der Waals surface area contributed by atoms with Gasteiger partial charge in [0.1, 0.15) is 0 Å². The lowest BCUT2D eigenvalue weighted by Gasteiger charge is -2.25. The summed E-state index contributed by atoms with van der Waals surface area (Å²) in [6, 6.07) is 15.7. The normalized spacial score (nSPS) is 13.5. The third-order valence-electron chi connectivity index (χ3n) is 5.09. The number of carbonyl (C=O) groups is 1. The van der Waals surface area contributed by atoms with Gasteiger partial charge in [0.05, 0.1) is 18.9 Å². The largest absolute Gasteiger partial charge is 0.490 e. The third kappa shape index (κ3) is 5.24. The van der Waals surface area contributed by atoms with Crippen molar-refractivity contribution < 1.29 is 14.3 Å². The van der Waals surface area contributed by atoms with Crippen molar-refractivity contribution in [3.63, 3.8) is 0 Å². The molecule has 0 aliphatic carbocycles. The van der Waals surface area contributed by atoms with Gasteiger partial charge in [-0.05, 0) is 37.6 Å². The summed E-state index contributed by atoms with van der Waals surface area (Å²) in [4.78, 5) is 21.1. The van der Waals surface area contributed by atoms with E-state index in [9.17, 15) is 4.79 Å². The van der Waals surface area contributed by atoms with Gasteiger partial charge >= 0.3 is 0 Å². The molecule has 162 valence electrons. The first-order valence-electron chi connectivity index (χ1n) is 10.6. The van der Waals surface area contributed by atoms with Crippen LogP contribution in [0, 0.1) is 0 Å². The van der Waals surface area contributed by atoms with Crippen LogP contribution in [-0.2, 0) is 19.5 Å². The lowest BCUT2D eigenvalue weighted by Crippen LogP contribution is -2.29. The predicted molar refractivity (Wildman–Crippen MR) is 123 cm³/mol. The van der Waals surface area contributed by atoms with E-state index in [-0.39, 0.29) is 5.91 Å². The van der Waals surface area contributed by atoms with E-state index in [1.54, 1.807) is 29.5 Å². The van der Waals surface area contributed by atoms with Gasteiger partial charge in [0, 0.05) is 36.5 Å². The van der Waals surface area contributed by atoms with Crippen molar-refractivity contribution in [1.29, 1.82) is 0 Å². The van der Waals surface area contributed by atoms with E-state index in [0.717, 1.165) is 31.7 Å². The van der Waals surface area contributed by atoms with Crippen molar-refractivity contribution in [2.75, 3.05) is 25.1 Å². The second-order valence-corrected chi connectivity index (χ2v) is 8.40. The van der Waals surface area contributed by atoms with E-state index >= 15 is 0 Å². The minimum absolute atomic E-state index is 0.198. The monoisotopic (exact) mass is 437 g/mol. The van der Waals surface area contributed by atoms with Gasteiger partial charge in [-0.2, -0.15) is 0 Å². The highest BCUT2D eigenvalue weighted by molar-refractivity contribution is 7.15. The number of benzene rings is 2. The molecule has 2 aromatic carbocycles. The summed E-state index contributed by atoms with van der Waals surface area (Å²) in [5.41, 5.74) is 2.92. The van der Waals surface area contributed by atoms with Gasteiger partial charge in [0.2, 0.25) is 0 Å². The standard InChI is InChI=1S/C24H27N3O3S/c1-3-29-20-11-10-18(14-21(20)30-4-2)23(28)26-24-25-19-12-13-27(16-22(19)31-24)15-17-8-6-5-7-9-17/h5-11,14H,3-4,12-13,15-16H2,1-2H3,(H,25,26,28). The highest BCUT2D eigenvalue weighted by Gasteiger charge is 2.22. The molecule has 0 spiro atoms. The Hall–Kier alpha value is -2.90. The van der Waals surface area contributed by atoms with Crippen molar-refractivity contribution in [2.24, 2.45) is 0 Å². The molecule has 3 aromatic rings. The predicted octanol–water partition coefficient (Wildman–Crippen LogP) is 4.75. The summed E-state index contributed by atoms with van der Waals surface area (Å²) in [7, 11) is 0. The Morgan fingerprint density at radius 3 is 2.65 bits per heavy atom. The first-order valence-corrected chi connectivity index (χ1v) is 11.4. The summed E-state index contributed by atoms with van der Waals surface area (Å²) in [5.74, 6) is 1.02. The van der Waals surface area contributed by atoms with E-state index in [4.69, 9.17) is 9.47 Å². The number of thiazole rings is 1. The molecule has 1 aliphatic rings. The molecule has 1 N–H and O–H groups in total. The maximum atomic E-state index is 12.8. The van der Waals surface area contributed by atoms with E-state index in [1.165, 1.54) is 10.4 Å². The maximum Gasteiger partial charge on any atom is 0.257 e. The number of aromatic nitrogens is 1. The number of rotatable bonds is 8. The number of anilines is 1. The Kier molecular flexibility index (Phi) is 6.84. The Morgan fingerprint density at radius 2 is 1.87 bits per heavy atom. The molecule has 31 heavy (non-hydrogen) atoms. The molecule has 0 saturated carbocycles. The fourth-order valence-electron chi connectivity index (χ4n) is 3.64. The van der Waals surface area contributed by atoms with Crippen LogP contribution >= 0.6 is 11.3 Å². The molecule has 0 bridgehead atoms. The summed E-state index contributed by atoms with van der Waals surface area (Å²) in [5, 5.41) is 3.60. The molecule has 0 atom stereocenters. The van der Waals surface area contributed by atoms with Crippen LogP contribution in [0.25, 0.3) is 0 Å². The molecule has 1 amide bonds. The second-order valence-electron chi connectivity index (χ2n) is 7.32. The molecule has 1 aromatic heterocycles. The Bertz CT molecular complexity index is 1040. The number of nitrogens with one attached hydrogen (secondary N) is 1. The first-order chi connectivity index (χ1) is 15.2. The Labute approximate surface area is 186 Å². The number of fused-ring (bicyclic) bond motifs is 1. The number of hydrogen-bond acceptors (Lipinski definition) is 6. The maximum absolute atomic E-state index is 12.8. The second kappa shape index (κ2) is 9.94. The van der Waals surface area contributed by atoms with Gasteiger partial charge in [-0.1, -0.05) is 30.3 Å². The quantitative estimate of drug-likeness (QED) is 0.551. The van der Waals surface area contributed by atoms with Gasteiger partial charge in [0.25, 0.3) is 5.91 Å². The van der Waals surface area contributed by atoms with Crippen LogP contribution in [0.3, 0.4) is 0 Å². The number of nitrogens with zero attached hydrogens (tertiary/aromatic N) is 2. The van der Waals surface area contributed by atoms with Crippen LogP contribution < -0.4 is 14.8 Å². The molecule has 1 aliphatic heterocycles. The van der Waals surface area contributed by atoms with Crippen LogP contribution in [0.1, 0.15) is 40.3 Å². The molecule has 0 unspecified atom stereocenters. The Morgan fingerprint density at radius 1 is 1.10 bits per heavy atom. The summed E-state index contributed by atoms with van der Waals surface area (Å²) >= 11 is 1.56. The fraction of sp³-hybridized carbons (Fsp3) is 0.333. The fourth-order valence-corrected chi connectivity index (χ4v) is 4.69. The van der Waals surface area contributed by atoms with Crippen LogP contribution in [0.15, 0.2) is 48.5 Å². The van der Waals surface area contributed by atoms with Crippen LogP contribution in [0.5, 0.6) is 11.5 Å². The van der Waals surface area contributed by atoms with Crippen LogP contribution in [0.2, 0.25) is 0 Å². The summed E-state index contributed by atoms with van der Waals surface area (Å²) < 4.78 is 11.2. The molecular weight excluding hydrogens is 410 g/mol. The van der Waals surface area contributed by atoms with Crippen LogP contribution in [-0.4, -0.2) is 35.5 Å². The average Bonchev–Trinajstić information content (AvgIpc) is 3.17. The van der Waals surface area contributed by atoms with Crippen molar-refractivity contribution in [3.05, 3.63) is 70.2 Å². The van der Waals surface area contributed by atoms with Gasteiger partial charge in [-0.25, -0.2) is 4.98 Å². The highest BCUT2D eigenvalue weighted by Crippen LogP contribution is 2.31. The number of amides is 1. The molecule has 0 fully saturated rings. The van der Waals surface area contributed by atoms with Gasteiger partial charge in [0.15, 0.2) is 16.6 Å². The van der Waals surface area contributed by atoms with E-state index in [0.29, 0.717) is 35.4 Å². The molecule has 0 radical (unpaired) electrons. The van der Waals surface area contributed by atoms with Gasteiger partial charge in [-0.15, -0.1) is 11.3 Å². The van der Waals surface area contributed by atoms with Gasteiger partial charge in [-0.3, -0.25) is 15.0 Å².